The summed E-state index contributed by atoms with van der Waals surface area (Å²) in [5, 5.41) is 3.36. The van der Waals surface area contributed by atoms with Crippen molar-refractivity contribution in [2.45, 2.75) is 44.9 Å². The first-order chi connectivity index (χ1) is 17.0. The summed E-state index contributed by atoms with van der Waals surface area (Å²) < 4.78 is 0. The van der Waals surface area contributed by atoms with Crippen LogP contribution in [0, 0.1) is 17.8 Å². The van der Waals surface area contributed by atoms with E-state index < -0.39 is 0 Å². The number of anilines is 2. The molecule has 2 atom stereocenters. The predicted molar refractivity (Wildman–Crippen MR) is 135 cm³/mol. The molecule has 1 N–H and O–H groups in total. The molecule has 5 rings (SSSR count). The van der Waals surface area contributed by atoms with Crippen LogP contribution in [0.5, 0.6) is 0 Å². The normalized spacial score (nSPS) is 22.5. The van der Waals surface area contributed by atoms with Crippen molar-refractivity contribution in [3.63, 3.8) is 0 Å². The second-order valence-electron chi connectivity index (χ2n) is 9.82. The fourth-order valence-electron chi connectivity index (χ4n) is 5.76. The number of hydrogen-bond donors (Lipinski definition) is 1. The molecule has 0 spiro atoms. The second-order valence-corrected chi connectivity index (χ2v) is 10.3. The number of aromatic nitrogens is 1. The lowest BCUT2D eigenvalue weighted by Crippen LogP contribution is -2.49. The van der Waals surface area contributed by atoms with Gasteiger partial charge in [0.05, 0.1) is 10.9 Å². The number of carbonyl (C=O) groups is 3. The molecule has 1 saturated carbocycles. The lowest BCUT2D eigenvalue weighted by atomic mass is 9.77. The van der Waals surface area contributed by atoms with Gasteiger partial charge in [-0.2, -0.15) is 0 Å². The van der Waals surface area contributed by atoms with Crippen molar-refractivity contribution in [2.24, 2.45) is 17.8 Å². The highest BCUT2D eigenvalue weighted by atomic mass is 35.5. The number of carbonyl (C=O) groups excluding carboxylic acids is 3. The van der Waals surface area contributed by atoms with Gasteiger partial charge in [0.1, 0.15) is 5.82 Å². The van der Waals surface area contributed by atoms with Gasteiger partial charge in [-0.15, -0.1) is 0 Å². The van der Waals surface area contributed by atoms with Gasteiger partial charge in [-0.05, 0) is 55.9 Å². The number of benzene rings is 1. The molecule has 0 radical (unpaired) electrons. The third kappa shape index (κ3) is 5.06. The van der Waals surface area contributed by atoms with Gasteiger partial charge in [0, 0.05) is 43.4 Å². The molecular formula is C27H31ClN4O3. The zero-order valence-electron chi connectivity index (χ0n) is 19.8. The minimum absolute atomic E-state index is 0.0776. The van der Waals surface area contributed by atoms with Crippen LogP contribution in [0.2, 0.25) is 5.02 Å². The number of likely N-dealkylation sites (tertiary alicyclic amines) is 1. The molecule has 0 bridgehead atoms. The van der Waals surface area contributed by atoms with Gasteiger partial charge in [-0.1, -0.05) is 42.6 Å². The third-order valence-corrected chi connectivity index (χ3v) is 7.93. The molecule has 1 saturated heterocycles. The smallest absolute Gasteiger partial charge is 0.230 e. The summed E-state index contributed by atoms with van der Waals surface area (Å²) in [6, 6.07) is 11.4. The number of nitrogens with zero attached hydrogens (tertiary/aromatic N) is 3. The molecule has 35 heavy (non-hydrogen) atoms. The average Bonchev–Trinajstić information content (AvgIpc) is 3.33. The molecule has 1 aliphatic carbocycles. The van der Waals surface area contributed by atoms with E-state index in [1.165, 1.54) is 11.8 Å². The maximum atomic E-state index is 13.6. The van der Waals surface area contributed by atoms with Gasteiger partial charge in [-0.25, -0.2) is 4.98 Å². The summed E-state index contributed by atoms with van der Waals surface area (Å²) >= 11 is 5.86. The van der Waals surface area contributed by atoms with Gasteiger partial charge in [0.2, 0.25) is 17.7 Å². The van der Waals surface area contributed by atoms with Crippen molar-refractivity contribution in [3.05, 3.63) is 53.2 Å². The summed E-state index contributed by atoms with van der Waals surface area (Å²) in [4.78, 5) is 47.7. The molecule has 7 nitrogen and oxygen atoms in total. The second kappa shape index (κ2) is 10.4. The number of nitrogens with one attached hydrogen (secondary N) is 1. The Hall–Kier alpha value is -2.93. The Morgan fingerprint density at radius 1 is 0.886 bits per heavy atom. The van der Waals surface area contributed by atoms with Gasteiger partial charge < -0.3 is 15.1 Å². The van der Waals surface area contributed by atoms with E-state index in [1.54, 1.807) is 12.1 Å². The van der Waals surface area contributed by atoms with Gasteiger partial charge >= 0.3 is 0 Å². The van der Waals surface area contributed by atoms with Crippen LogP contribution in [-0.4, -0.2) is 47.2 Å². The van der Waals surface area contributed by atoms with Crippen molar-refractivity contribution in [3.8, 4) is 0 Å². The van der Waals surface area contributed by atoms with Crippen LogP contribution in [0.1, 0.15) is 44.1 Å². The first-order valence-electron chi connectivity index (χ1n) is 12.6. The van der Waals surface area contributed by atoms with Gasteiger partial charge in [0.15, 0.2) is 0 Å². The Labute approximate surface area is 210 Å². The summed E-state index contributed by atoms with van der Waals surface area (Å²) in [5.41, 5.74) is 2.20. The molecule has 3 heterocycles. The topological polar surface area (TPSA) is 82.6 Å². The van der Waals surface area contributed by atoms with Crippen LogP contribution in [0.3, 0.4) is 0 Å². The Bertz CT molecular complexity index is 1100. The molecule has 1 aromatic carbocycles. The largest absolute Gasteiger partial charge is 0.342 e. The van der Waals surface area contributed by atoms with Gasteiger partial charge in [0.25, 0.3) is 0 Å². The highest BCUT2D eigenvalue weighted by Crippen LogP contribution is 2.37. The van der Waals surface area contributed by atoms with Crippen molar-refractivity contribution in [1.82, 2.24) is 9.88 Å². The third-order valence-electron chi connectivity index (χ3n) is 7.71. The molecule has 3 amide bonds. The van der Waals surface area contributed by atoms with E-state index in [2.05, 4.69) is 16.4 Å². The lowest BCUT2D eigenvalue weighted by Gasteiger charge is -2.38. The number of amides is 3. The van der Waals surface area contributed by atoms with Crippen molar-refractivity contribution in [2.75, 3.05) is 29.9 Å². The average molecular weight is 495 g/mol. The number of pyridine rings is 1. The Balaban J connectivity index is 1.20. The number of halogens is 1. The van der Waals surface area contributed by atoms with E-state index >= 15 is 0 Å². The Morgan fingerprint density at radius 2 is 1.60 bits per heavy atom. The summed E-state index contributed by atoms with van der Waals surface area (Å²) in [6.45, 7) is 1.77. The molecule has 8 heteroatoms. The minimum Gasteiger partial charge on any atom is -0.342 e. The number of fused-ring (bicyclic) bond motifs is 1. The number of hydrogen-bond acceptors (Lipinski definition) is 4. The quantitative estimate of drug-likeness (QED) is 0.686. The lowest BCUT2D eigenvalue weighted by molar-refractivity contribution is -0.144. The fraction of sp³-hybridized carbons (Fsp3) is 0.481. The first kappa shape index (κ1) is 23.8. The SMILES string of the molecule is O=C(Nc1ccc(Cl)cn1)C1CCN(C(=O)C2CCCCC2C(=O)N2CCc3ccccc32)CC1. The van der Waals surface area contributed by atoms with E-state index in [0.717, 1.165) is 37.8 Å². The molecule has 2 unspecified atom stereocenters. The summed E-state index contributed by atoms with van der Waals surface area (Å²) in [5.74, 6) is -0.129. The van der Waals surface area contributed by atoms with Crippen LogP contribution >= 0.6 is 11.6 Å². The van der Waals surface area contributed by atoms with Crippen molar-refractivity contribution in [1.29, 1.82) is 0 Å². The molecule has 2 aliphatic heterocycles. The van der Waals surface area contributed by atoms with Gasteiger partial charge in [-0.3, -0.25) is 14.4 Å². The van der Waals surface area contributed by atoms with E-state index in [0.29, 0.717) is 43.3 Å². The highest BCUT2D eigenvalue weighted by Gasteiger charge is 2.42. The summed E-state index contributed by atoms with van der Waals surface area (Å²) in [6.07, 6.45) is 7.07. The molecule has 3 aliphatic rings. The maximum Gasteiger partial charge on any atom is 0.230 e. The standard InChI is InChI=1S/C27H31ClN4O3/c28-20-9-10-24(29-17-20)30-25(33)19-11-14-31(15-12-19)26(34)21-6-2-3-7-22(21)27(35)32-16-13-18-5-1-4-8-23(18)32/h1,4-5,8-10,17,19,21-22H,2-3,6-7,11-16H2,(H,29,30,33). The van der Waals surface area contributed by atoms with Crippen LogP contribution in [-0.2, 0) is 20.8 Å². The van der Waals surface area contributed by atoms with Crippen molar-refractivity contribution >= 4 is 40.8 Å². The molecule has 1 aromatic heterocycles. The predicted octanol–water partition coefficient (Wildman–Crippen LogP) is 4.31. The van der Waals surface area contributed by atoms with E-state index in [9.17, 15) is 14.4 Å². The summed E-state index contributed by atoms with van der Waals surface area (Å²) in [7, 11) is 0. The maximum absolute atomic E-state index is 13.6. The van der Waals surface area contributed by atoms with Crippen LogP contribution in [0.4, 0.5) is 11.5 Å². The molecule has 184 valence electrons. The van der Waals surface area contributed by atoms with Crippen LogP contribution in [0.25, 0.3) is 0 Å². The number of piperidine rings is 1. The number of rotatable bonds is 4. The van der Waals surface area contributed by atoms with Crippen LogP contribution < -0.4 is 10.2 Å². The fourth-order valence-corrected chi connectivity index (χ4v) is 5.88. The Morgan fingerprint density at radius 3 is 2.31 bits per heavy atom. The zero-order chi connectivity index (χ0) is 24.4. The first-order valence-corrected chi connectivity index (χ1v) is 13.0. The van der Waals surface area contributed by atoms with E-state index in [-0.39, 0.29) is 35.5 Å². The highest BCUT2D eigenvalue weighted by molar-refractivity contribution is 6.30. The molecular weight excluding hydrogens is 464 g/mol. The van der Waals surface area contributed by atoms with E-state index in [4.69, 9.17) is 11.6 Å². The van der Waals surface area contributed by atoms with Crippen LogP contribution in [0.15, 0.2) is 42.6 Å². The van der Waals surface area contributed by atoms with E-state index in [1.807, 2.05) is 28.0 Å². The zero-order valence-corrected chi connectivity index (χ0v) is 20.5. The molecule has 2 aromatic rings. The number of para-hydroxylation sites is 1. The minimum atomic E-state index is -0.271. The van der Waals surface area contributed by atoms with Crippen molar-refractivity contribution < 1.29 is 14.4 Å². The monoisotopic (exact) mass is 494 g/mol. The molecule has 2 fully saturated rings. The Kier molecular flexibility index (Phi) is 7.04.